The molecule has 0 heterocycles. The zero-order chi connectivity index (χ0) is 23.6. The van der Waals surface area contributed by atoms with Crippen LogP contribution in [-0.2, 0) is 9.53 Å². The number of rotatable bonds is 8. The number of benzene rings is 3. The molecule has 170 valence electrons. The van der Waals surface area contributed by atoms with Crippen molar-refractivity contribution in [3.05, 3.63) is 101 Å². The maximum atomic E-state index is 12.7. The molecular formula is C24H21BrN2O6. The first-order chi connectivity index (χ1) is 16.0. The van der Waals surface area contributed by atoms with Gasteiger partial charge in [-0.05, 0) is 48.5 Å². The number of hydrogen-bond donors (Lipinski definition) is 4. The van der Waals surface area contributed by atoms with Gasteiger partial charge in [0.25, 0.3) is 5.91 Å². The first-order valence-corrected chi connectivity index (χ1v) is 10.6. The van der Waals surface area contributed by atoms with Crippen molar-refractivity contribution < 1.29 is 29.4 Å². The van der Waals surface area contributed by atoms with Crippen LogP contribution < -0.4 is 15.5 Å². The summed E-state index contributed by atoms with van der Waals surface area (Å²) in [5, 5.41) is 22.0. The summed E-state index contributed by atoms with van der Waals surface area (Å²) in [4.78, 5) is 24.3. The molecule has 3 rings (SSSR count). The third-order valence-electron chi connectivity index (χ3n) is 4.41. The minimum absolute atomic E-state index is 0.141. The fourth-order valence-electron chi connectivity index (χ4n) is 2.92. The molecule has 4 N–H and O–H groups in total. The molecule has 2 amide bonds. The van der Waals surface area contributed by atoms with Gasteiger partial charge in [0.15, 0.2) is 12.2 Å². The van der Waals surface area contributed by atoms with Crippen molar-refractivity contribution in [2.45, 2.75) is 12.2 Å². The lowest BCUT2D eigenvalue weighted by atomic mass is 10.0. The number of hydrogen-bond acceptors (Lipinski definition) is 6. The Morgan fingerprint density at radius 2 is 1.64 bits per heavy atom. The minimum Gasteiger partial charge on any atom is -0.508 e. The monoisotopic (exact) mass is 512 g/mol. The van der Waals surface area contributed by atoms with E-state index in [4.69, 9.17) is 14.7 Å². The Labute approximate surface area is 198 Å². The molecule has 0 aromatic heterocycles. The second-order valence-electron chi connectivity index (χ2n) is 6.75. The van der Waals surface area contributed by atoms with Gasteiger partial charge in [-0.15, -0.1) is 0 Å². The van der Waals surface area contributed by atoms with Crippen LogP contribution in [0.25, 0.3) is 0 Å². The Kier molecular flexibility index (Phi) is 8.45. The van der Waals surface area contributed by atoms with Crippen LogP contribution in [0, 0.1) is 0 Å². The average molecular weight is 513 g/mol. The topological polar surface area (TPSA) is 117 Å². The average Bonchev–Trinajstić information content (AvgIpc) is 2.83. The molecule has 0 saturated carbocycles. The Hall–Kier alpha value is -3.82. The number of ether oxygens (including phenoxy) is 2. The quantitative estimate of drug-likeness (QED) is 0.192. The van der Waals surface area contributed by atoms with E-state index in [1.165, 1.54) is 17.6 Å². The Morgan fingerprint density at radius 1 is 0.970 bits per heavy atom. The molecule has 0 aliphatic heterocycles. The van der Waals surface area contributed by atoms with E-state index in [0.717, 1.165) is 6.08 Å². The van der Waals surface area contributed by atoms with Gasteiger partial charge < -0.3 is 14.6 Å². The highest BCUT2D eigenvalue weighted by atomic mass is 79.9. The van der Waals surface area contributed by atoms with Gasteiger partial charge in [0.1, 0.15) is 11.5 Å². The highest BCUT2D eigenvalue weighted by Gasteiger charge is 2.30. The SMILES string of the molecule is O=C(/C=C/[C@H](Oc1ccccc1)[C@@H](OC(=O)Nc1ccccc1)c1cc(Br)ccc1O)NO. The highest BCUT2D eigenvalue weighted by Crippen LogP contribution is 2.34. The van der Waals surface area contributed by atoms with Crippen molar-refractivity contribution in [3.8, 4) is 11.5 Å². The number of carbonyl (C=O) groups excluding carboxylic acids is 2. The summed E-state index contributed by atoms with van der Waals surface area (Å²) < 4.78 is 12.3. The number of amides is 2. The minimum atomic E-state index is -1.17. The van der Waals surface area contributed by atoms with Crippen molar-refractivity contribution in [3.63, 3.8) is 0 Å². The number of hydroxylamine groups is 1. The molecule has 3 aromatic rings. The van der Waals surface area contributed by atoms with Gasteiger partial charge in [0.2, 0.25) is 0 Å². The van der Waals surface area contributed by atoms with Gasteiger partial charge in [-0.1, -0.05) is 52.3 Å². The third-order valence-corrected chi connectivity index (χ3v) is 4.90. The van der Waals surface area contributed by atoms with Crippen LogP contribution >= 0.6 is 15.9 Å². The van der Waals surface area contributed by atoms with E-state index in [0.29, 0.717) is 15.9 Å². The number of carbonyl (C=O) groups is 2. The van der Waals surface area contributed by atoms with Gasteiger partial charge in [-0.25, -0.2) is 10.3 Å². The third kappa shape index (κ3) is 7.09. The van der Waals surface area contributed by atoms with E-state index in [1.807, 2.05) is 0 Å². The lowest BCUT2D eigenvalue weighted by Gasteiger charge is -2.27. The normalized spacial score (nSPS) is 12.5. The fraction of sp³-hybridized carbons (Fsp3) is 0.0833. The summed E-state index contributed by atoms with van der Waals surface area (Å²) in [6, 6.07) is 22.0. The largest absolute Gasteiger partial charge is 0.508 e. The van der Waals surface area contributed by atoms with Gasteiger partial charge in [0.05, 0.1) is 0 Å². The zero-order valence-corrected chi connectivity index (χ0v) is 18.8. The number of halogens is 1. The molecule has 9 heteroatoms. The maximum Gasteiger partial charge on any atom is 0.412 e. The van der Waals surface area contributed by atoms with Gasteiger partial charge >= 0.3 is 6.09 Å². The summed E-state index contributed by atoms with van der Waals surface area (Å²) in [5.74, 6) is -0.511. The molecule has 0 fully saturated rings. The van der Waals surface area contributed by atoms with Crippen molar-refractivity contribution >= 4 is 33.6 Å². The molecule has 0 radical (unpaired) electrons. The van der Waals surface area contributed by atoms with E-state index in [9.17, 15) is 14.7 Å². The number of para-hydroxylation sites is 2. The van der Waals surface area contributed by atoms with E-state index >= 15 is 0 Å². The Bertz CT molecular complexity index is 1110. The van der Waals surface area contributed by atoms with Crippen LogP contribution in [-0.4, -0.2) is 28.4 Å². The summed E-state index contributed by atoms with van der Waals surface area (Å²) >= 11 is 3.35. The Balaban J connectivity index is 1.98. The van der Waals surface area contributed by atoms with Gasteiger partial charge in [-0.2, -0.15) is 0 Å². The predicted molar refractivity (Wildman–Crippen MR) is 125 cm³/mol. The van der Waals surface area contributed by atoms with Crippen LogP contribution in [0.1, 0.15) is 11.7 Å². The van der Waals surface area contributed by atoms with Crippen molar-refractivity contribution in [1.29, 1.82) is 0 Å². The first kappa shape index (κ1) is 23.8. The van der Waals surface area contributed by atoms with E-state index in [1.54, 1.807) is 72.8 Å². The van der Waals surface area contributed by atoms with E-state index in [-0.39, 0.29) is 11.3 Å². The molecular weight excluding hydrogens is 492 g/mol. The molecule has 0 aliphatic carbocycles. The number of anilines is 1. The fourth-order valence-corrected chi connectivity index (χ4v) is 3.30. The number of aromatic hydroxyl groups is 1. The van der Waals surface area contributed by atoms with E-state index < -0.39 is 24.2 Å². The molecule has 0 saturated heterocycles. The number of nitrogens with one attached hydrogen (secondary N) is 2. The van der Waals surface area contributed by atoms with Crippen LogP contribution in [0.3, 0.4) is 0 Å². The second kappa shape index (κ2) is 11.7. The molecule has 2 atom stereocenters. The van der Waals surface area contributed by atoms with Crippen LogP contribution in [0.5, 0.6) is 11.5 Å². The lowest BCUT2D eigenvalue weighted by Crippen LogP contribution is -2.30. The van der Waals surface area contributed by atoms with Crippen LogP contribution in [0.2, 0.25) is 0 Å². The van der Waals surface area contributed by atoms with Crippen LogP contribution in [0.4, 0.5) is 10.5 Å². The zero-order valence-electron chi connectivity index (χ0n) is 17.2. The van der Waals surface area contributed by atoms with Crippen molar-refractivity contribution in [2.75, 3.05) is 5.32 Å². The molecule has 0 unspecified atom stereocenters. The first-order valence-electron chi connectivity index (χ1n) is 9.81. The second-order valence-corrected chi connectivity index (χ2v) is 7.67. The van der Waals surface area contributed by atoms with Gasteiger partial charge in [0, 0.05) is 21.8 Å². The van der Waals surface area contributed by atoms with E-state index in [2.05, 4.69) is 21.2 Å². The molecule has 0 spiro atoms. The molecule has 3 aromatic carbocycles. The van der Waals surface area contributed by atoms with Crippen molar-refractivity contribution in [1.82, 2.24) is 5.48 Å². The summed E-state index contributed by atoms with van der Waals surface area (Å²) in [5.41, 5.74) is 2.25. The maximum absolute atomic E-state index is 12.7. The highest BCUT2D eigenvalue weighted by molar-refractivity contribution is 9.10. The molecule has 0 aliphatic rings. The predicted octanol–water partition coefficient (Wildman–Crippen LogP) is 4.95. The standard InChI is InChI=1S/C24H21BrN2O6/c25-16-11-12-20(28)19(15-16)23(33-24(30)26-17-7-3-1-4-8-17)21(13-14-22(29)27-31)32-18-9-5-2-6-10-18/h1-15,21,23,28,31H,(H,26,30)(H,27,29)/b14-13+/t21-,23-/m0/s1. The molecule has 0 bridgehead atoms. The van der Waals surface area contributed by atoms with Gasteiger partial charge in [-0.3, -0.25) is 15.3 Å². The smallest absolute Gasteiger partial charge is 0.412 e. The molecule has 8 nitrogen and oxygen atoms in total. The molecule has 33 heavy (non-hydrogen) atoms. The van der Waals surface area contributed by atoms with Crippen molar-refractivity contribution in [2.24, 2.45) is 0 Å². The summed E-state index contributed by atoms with van der Waals surface area (Å²) in [6.07, 6.45) is -0.666. The lowest BCUT2D eigenvalue weighted by molar-refractivity contribution is -0.124. The number of phenols is 1. The van der Waals surface area contributed by atoms with Crippen LogP contribution in [0.15, 0.2) is 95.5 Å². The number of phenolic OH excluding ortho intramolecular Hbond substituents is 1. The summed E-state index contributed by atoms with van der Waals surface area (Å²) in [7, 11) is 0. The summed E-state index contributed by atoms with van der Waals surface area (Å²) in [6.45, 7) is 0. The Morgan fingerprint density at radius 3 is 2.30 bits per heavy atom.